The maximum absolute atomic E-state index is 13.0. The molecule has 0 aliphatic carbocycles. The number of benzene rings is 1. The van der Waals surface area contributed by atoms with Crippen molar-refractivity contribution in [3.05, 3.63) is 53.5 Å². The Bertz CT molecular complexity index is 502. The molecule has 1 aromatic heterocycles. The van der Waals surface area contributed by atoms with Crippen LogP contribution in [0.3, 0.4) is 0 Å². The first-order valence-corrected chi connectivity index (χ1v) is 5.33. The van der Waals surface area contributed by atoms with Gasteiger partial charge in [0.1, 0.15) is 23.2 Å². The molecule has 2 aromatic rings. The van der Waals surface area contributed by atoms with Crippen molar-refractivity contribution in [1.82, 2.24) is 0 Å². The highest BCUT2D eigenvalue weighted by Crippen LogP contribution is 2.22. The molecule has 1 unspecified atom stereocenters. The summed E-state index contributed by atoms with van der Waals surface area (Å²) in [4.78, 5) is 0. The molecular formula is C13H13F2NO. The zero-order chi connectivity index (χ0) is 12.4. The van der Waals surface area contributed by atoms with Gasteiger partial charge in [0.15, 0.2) is 0 Å². The molecule has 1 N–H and O–H groups in total. The monoisotopic (exact) mass is 237 g/mol. The summed E-state index contributed by atoms with van der Waals surface area (Å²) in [5, 5.41) is 2.98. The van der Waals surface area contributed by atoms with Crippen LogP contribution < -0.4 is 5.32 Å². The van der Waals surface area contributed by atoms with Gasteiger partial charge < -0.3 is 9.73 Å². The fourth-order valence-corrected chi connectivity index (χ4v) is 1.64. The van der Waals surface area contributed by atoms with E-state index in [0.717, 1.165) is 17.6 Å². The first kappa shape index (κ1) is 11.6. The Kier molecular flexibility index (Phi) is 3.13. The predicted molar refractivity (Wildman–Crippen MR) is 61.8 cm³/mol. The van der Waals surface area contributed by atoms with Crippen LogP contribution >= 0.6 is 0 Å². The Morgan fingerprint density at radius 2 is 1.76 bits per heavy atom. The Hall–Kier alpha value is -1.84. The third-order valence-electron chi connectivity index (χ3n) is 2.43. The standard InChI is InChI=1S/C13H13F2NO/c1-8-3-4-13(17-8)9(2)16-12-6-10(14)5-11(15)7-12/h3-7,9,16H,1-2H3. The molecule has 4 heteroatoms. The molecule has 0 amide bonds. The van der Waals surface area contributed by atoms with Gasteiger partial charge in [-0.05, 0) is 38.1 Å². The highest BCUT2D eigenvalue weighted by molar-refractivity contribution is 5.45. The lowest BCUT2D eigenvalue weighted by atomic mass is 10.2. The molecule has 0 saturated carbocycles. The lowest BCUT2D eigenvalue weighted by molar-refractivity contribution is 0.466. The highest BCUT2D eigenvalue weighted by atomic mass is 19.1. The average molecular weight is 237 g/mol. The summed E-state index contributed by atoms with van der Waals surface area (Å²) in [6.45, 7) is 3.71. The van der Waals surface area contributed by atoms with E-state index in [4.69, 9.17) is 4.42 Å². The first-order valence-electron chi connectivity index (χ1n) is 5.33. The Balaban J connectivity index is 2.15. The van der Waals surface area contributed by atoms with Crippen molar-refractivity contribution in [1.29, 1.82) is 0 Å². The first-order chi connectivity index (χ1) is 8.04. The van der Waals surface area contributed by atoms with Crippen LogP contribution in [0.5, 0.6) is 0 Å². The minimum Gasteiger partial charge on any atom is -0.464 e. The SMILES string of the molecule is Cc1ccc(C(C)Nc2cc(F)cc(F)c2)o1. The zero-order valence-electron chi connectivity index (χ0n) is 9.63. The number of hydrogen-bond donors (Lipinski definition) is 1. The molecule has 90 valence electrons. The lowest BCUT2D eigenvalue weighted by Gasteiger charge is -2.13. The fraction of sp³-hybridized carbons (Fsp3) is 0.231. The normalized spacial score (nSPS) is 12.5. The van der Waals surface area contributed by atoms with Gasteiger partial charge in [-0.3, -0.25) is 0 Å². The Morgan fingerprint density at radius 1 is 1.12 bits per heavy atom. The van der Waals surface area contributed by atoms with Crippen LogP contribution in [-0.4, -0.2) is 0 Å². The summed E-state index contributed by atoms with van der Waals surface area (Å²) < 4.78 is 31.4. The number of hydrogen-bond acceptors (Lipinski definition) is 2. The van der Waals surface area contributed by atoms with Crippen LogP contribution in [0.4, 0.5) is 14.5 Å². The Labute approximate surface area is 98.3 Å². The van der Waals surface area contributed by atoms with E-state index in [1.54, 1.807) is 0 Å². The van der Waals surface area contributed by atoms with Crippen molar-refractivity contribution in [2.24, 2.45) is 0 Å². The van der Waals surface area contributed by atoms with Crippen LogP contribution in [-0.2, 0) is 0 Å². The number of nitrogens with one attached hydrogen (secondary N) is 1. The van der Waals surface area contributed by atoms with Crippen molar-refractivity contribution in [3.63, 3.8) is 0 Å². The molecule has 0 aliphatic rings. The quantitative estimate of drug-likeness (QED) is 0.871. The van der Waals surface area contributed by atoms with Gasteiger partial charge in [-0.15, -0.1) is 0 Å². The fourth-order valence-electron chi connectivity index (χ4n) is 1.64. The summed E-state index contributed by atoms with van der Waals surface area (Å²) in [5.74, 6) is 0.330. The number of furan rings is 1. The van der Waals surface area contributed by atoms with Gasteiger partial charge in [0, 0.05) is 11.8 Å². The van der Waals surface area contributed by atoms with Crippen molar-refractivity contribution in [2.75, 3.05) is 5.32 Å². The average Bonchev–Trinajstić information content (AvgIpc) is 2.63. The van der Waals surface area contributed by atoms with Crippen LogP contribution in [0.15, 0.2) is 34.7 Å². The smallest absolute Gasteiger partial charge is 0.128 e. The van der Waals surface area contributed by atoms with E-state index in [0.29, 0.717) is 5.69 Å². The lowest BCUT2D eigenvalue weighted by Crippen LogP contribution is -2.06. The molecule has 0 spiro atoms. The molecule has 1 atom stereocenters. The van der Waals surface area contributed by atoms with Crippen LogP contribution in [0.1, 0.15) is 24.5 Å². The zero-order valence-corrected chi connectivity index (χ0v) is 9.63. The van der Waals surface area contributed by atoms with Gasteiger partial charge in [-0.1, -0.05) is 0 Å². The minimum absolute atomic E-state index is 0.148. The largest absolute Gasteiger partial charge is 0.464 e. The molecule has 1 aromatic carbocycles. The van der Waals surface area contributed by atoms with Crippen molar-refractivity contribution in [3.8, 4) is 0 Å². The molecule has 0 aliphatic heterocycles. The van der Waals surface area contributed by atoms with Crippen LogP contribution in [0.2, 0.25) is 0 Å². The maximum Gasteiger partial charge on any atom is 0.128 e. The molecule has 1 heterocycles. The number of rotatable bonds is 3. The topological polar surface area (TPSA) is 25.2 Å². The van der Waals surface area contributed by atoms with E-state index in [2.05, 4.69) is 5.32 Å². The highest BCUT2D eigenvalue weighted by Gasteiger charge is 2.10. The third kappa shape index (κ3) is 2.84. The van der Waals surface area contributed by atoms with E-state index in [9.17, 15) is 8.78 Å². The summed E-state index contributed by atoms with van der Waals surface area (Å²) in [7, 11) is 0. The summed E-state index contributed by atoms with van der Waals surface area (Å²) in [5.41, 5.74) is 0.393. The van der Waals surface area contributed by atoms with Gasteiger partial charge >= 0.3 is 0 Å². The molecule has 0 fully saturated rings. The second-order valence-corrected chi connectivity index (χ2v) is 3.97. The number of halogens is 2. The van der Waals surface area contributed by atoms with Crippen molar-refractivity contribution >= 4 is 5.69 Å². The second kappa shape index (κ2) is 4.57. The number of anilines is 1. The third-order valence-corrected chi connectivity index (χ3v) is 2.43. The molecule has 17 heavy (non-hydrogen) atoms. The summed E-state index contributed by atoms with van der Waals surface area (Å²) in [6.07, 6.45) is 0. The summed E-state index contributed by atoms with van der Waals surface area (Å²) in [6, 6.07) is 6.87. The van der Waals surface area contributed by atoms with Gasteiger partial charge in [0.2, 0.25) is 0 Å². The van der Waals surface area contributed by atoms with E-state index in [1.165, 1.54) is 12.1 Å². The van der Waals surface area contributed by atoms with Gasteiger partial charge in [0.05, 0.1) is 6.04 Å². The maximum atomic E-state index is 13.0. The molecule has 2 rings (SSSR count). The van der Waals surface area contributed by atoms with Crippen molar-refractivity contribution < 1.29 is 13.2 Å². The Morgan fingerprint density at radius 3 is 2.29 bits per heavy atom. The van der Waals surface area contributed by atoms with Crippen LogP contribution in [0, 0.1) is 18.6 Å². The molecular weight excluding hydrogens is 224 g/mol. The van der Waals surface area contributed by atoms with E-state index >= 15 is 0 Å². The summed E-state index contributed by atoms with van der Waals surface area (Å²) >= 11 is 0. The predicted octanol–water partition coefficient (Wildman–Crippen LogP) is 4.04. The second-order valence-electron chi connectivity index (χ2n) is 3.97. The van der Waals surface area contributed by atoms with E-state index in [1.807, 2.05) is 26.0 Å². The molecule has 0 radical (unpaired) electrons. The van der Waals surface area contributed by atoms with Crippen LogP contribution in [0.25, 0.3) is 0 Å². The van der Waals surface area contributed by atoms with E-state index < -0.39 is 11.6 Å². The number of aryl methyl sites for hydroxylation is 1. The minimum atomic E-state index is -0.602. The van der Waals surface area contributed by atoms with Gasteiger partial charge in [-0.25, -0.2) is 8.78 Å². The van der Waals surface area contributed by atoms with E-state index in [-0.39, 0.29) is 6.04 Å². The molecule has 2 nitrogen and oxygen atoms in total. The molecule has 0 bridgehead atoms. The van der Waals surface area contributed by atoms with Gasteiger partial charge in [0.25, 0.3) is 0 Å². The van der Waals surface area contributed by atoms with Gasteiger partial charge in [-0.2, -0.15) is 0 Å². The molecule has 0 saturated heterocycles. The van der Waals surface area contributed by atoms with Crippen molar-refractivity contribution in [2.45, 2.75) is 19.9 Å².